The summed E-state index contributed by atoms with van der Waals surface area (Å²) in [6.07, 6.45) is 3.39. The van der Waals surface area contributed by atoms with Gasteiger partial charge in [-0.15, -0.1) is 0 Å². The summed E-state index contributed by atoms with van der Waals surface area (Å²) in [5, 5.41) is 7.51. The zero-order valence-corrected chi connectivity index (χ0v) is 10.2. The van der Waals surface area contributed by atoms with Gasteiger partial charge in [-0.3, -0.25) is 9.48 Å². The lowest BCUT2D eigenvalue weighted by molar-refractivity contribution is -0.128. The first-order valence-corrected chi connectivity index (χ1v) is 5.49. The minimum Gasteiger partial charge on any atom is -0.349 e. The van der Waals surface area contributed by atoms with Crippen LogP contribution in [-0.4, -0.2) is 41.2 Å². The van der Waals surface area contributed by atoms with Crippen LogP contribution >= 0.6 is 0 Å². The number of nitrogens with one attached hydrogen (secondary N) is 1. The molecule has 0 fully saturated rings. The van der Waals surface area contributed by atoms with Crippen LogP contribution in [0.3, 0.4) is 0 Å². The van der Waals surface area contributed by atoms with Gasteiger partial charge in [0.2, 0.25) is 5.91 Å². The van der Waals surface area contributed by atoms with Gasteiger partial charge in [0, 0.05) is 40.3 Å². The van der Waals surface area contributed by atoms with E-state index >= 15 is 0 Å². The largest absolute Gasteiger partial charge is 0.349 e. The van der Waals surface area contributed by atoms with Gasteiger partial charge < -0.3 is 10.2 Å². The zero-order valence-electron chi connectivity index (χ0n) is 10.2. The number of carbonyl (C=O) groups is 1. The molecule has 0 saturated carbocycles. The minimum atomic E-state index is 0.180. The van der Waals surface area contributed by atoms with Crippen LogP contribution in [0.4, 0.5) is 0 Å². The normalized spacial score (nSPS) is 10.4. The predicted octanol–water partition coefficient (Wildman–Crippen LogP) is 0.378. The third kappa shape index (κ3) is 4.44. The van der Waals surface area contributed by atoms with Crippen LogP contribution in [0.25, 0.3) is 0 Å². The number of nitrogens with zero attached hydrogens (tertiary/aromatic N) is 3. The molecule has 0 atom stereocenters. The third-order valence-corrected chi connectivity index (χ3v) is 2.32. The van der Waals surface area contributed by atoms with Crippen LogP contribution in [0.15, 0.2) is 12.3 Å². The van der Waals surface area contributed by atoms with Crippen molar-refractivity contribution in [2.75, 3.05) is 20.6 Å². The highest BCUT2D eigenvalue weighted by Crippen LogP contribution is 1.95. The first kappa shape index (κ1) is 12.7. The summed E-state index contributed by atoms with van der Waals surface area (Å²) < 4.78 is 1.78. The molecule has 16 heavy (non-hydrogen) atoms. The molecule has 0 unspecified atom stereocenters. The van der Waals surface area contributed by atoms with E-state index in [4.69, 9.17) is 0 Å². The summed E-state index contributed by atoms with van der Waals surface area (Å²) in [6.45, 7) is 1.60. The summed E-state index contributed by atoms with van der Waals surface area (Å²) >= 11 is 0. The van der Waals surface area contributed by atoms with Gasteiger partial charge in [0.15, 0.2) is 0 Å². The Labute approximate surface area is 96.4 Å². The average Bonchev–Trinajstić information content (AvgIpc) is 2.63. The van der Waals surface area contributed by atoms with E-state index in [1.54, 1.807) is 23.7 Å². The Bertz CT molecular complexity index is 332. The standard InChI is InChI=1S/C11H20N4O/c1-14(2)11(16)5-4-7-12-9-10-6-8-15(3)13-10/h6,8,12H,4-5,7,9H2,1-3H3. The molecule has 0 saturated heterocycles. The van der Waals surface area contributed by atoms with Gasteiger partial charge in [-0.1, -0.05) is 0 Å². The molecule has 90 valence electrons. The molecule has 0 spiro atoms. The Hall–Kier alpha value is -1.36. The Morgan fingerprint density at radius 2 is 2.31 bits per heavy atom. The highest BCUT2D eigenvalue weighted by molar-refractivity contribution is 5.75. The fourth-order valence-corrected chi connectivity index (χ4v) is 1.36. The van der Waals surface area contributed by atoms with Crippen molar-refractivity contribution in [2.24, 2.45) is 7.05 Å². The Morgan fingerprint density at radius 1 is 1.56 bits per heavy atom. The number of hydrogen-bond donors (Lipinski definition) is 1. The van der Waals surface area contributed by atoms with Crippen molar-refractivity contribution in [3.63, 3.8) is 0 Å². The van der Waals surface area contributed by atoms with Gasteiger partial charge >= 0.3 is 0 Å². The molecular weight excluding hydrogens is 204 g/mol. The van der Waals surface area contributed by atoms with E-state index in [2.05, 4.69) is 10.4 Å². The second-order valence-electron chi connectivity index (χ2n) is 4.05. The molecule has 5 nitrogen and oxygen atoms in total. The maximum Gasteiger partial charge on any atom is 0.222 e. The Morgan fingerprint density at radius 3 is 2.88 bits per heavy atom. The van der Waals surface area contributed by atoms with Crippen molar-refractivity contribution >= 4 is 5.91 Å². The van der Waals surface area contributed by atoms with Gasteiger partial charge in [0.25, 0.3) is 0 Å². The third-order valence-electron chi connectivity index (χ3n) is 2.32. The number of aryl methyl sites for hydroxylation is 1. The molecular formula is C11H20N4O. The van der Waals surface area contributed by atoms with Crippen LogP contribution in [0, 0.1) is 0 Å². The highest BCUT2D eigenvalue weighted by atomic mass is 16.2. The molecule has 1 aromatic heterocycles. The summed E-state index contributed by atoms with van der Waals surface area (Å²) in [5.74, 6) is 0.180. The maximum absolute atomic E-state index is 11.3. The van der Waals surface area contributed by atoms with Gasteiger partial charge in [0.05, 0.1) is 5.69 Å². The molecule has 5 heteroatoms. The molecule has 0 aromatic carbocycles. The number of amides is 1. The molecule has 0 bridgehead atoms. The predicted molar refractivity (Wildman–Crippen MR) is 62.8 cm³/mol. The lowest BCUT2D eigenvalue weighted by atomic mass is 10.3. The Kier molecular flexibility index (Phi) is 4.98. The van der Waals surface area contributed by atoms with E-state index in [0.717, 1.165) is 25.2 Å². The van der Waals surface area contributed by atoms with E-state index in [1.165, 1.54) is 0 Å². The van der Waals surface area contributed by atoms with Crippen LogP contribution in [0.2, 0.25) is 0 Å². The van der Waals surface area contributed by atoms with Crippen LogP contribution in [0.5, 0.6) is 0 Å². The summed E-state index contributed by atoms with van der Waals surface area (Å²) in [6, 6.07) is 1.98. The number of rotatable bonds is 6. The average molecular weight is 224 g/mol. The first-order chi connectivity index (χ1) is 7.59. The highest BCUT2D eigenvalue weighted by Gasteiger charge is 2.02. The molecule has 0 aliphatic heterocycles. The van der Waals surface area contributed by atoms with Crippen LogP contribution < -0.4 is 5.32 Å². The lowest BCUT2D eigenvalue weighted by Crippen LogP contribution is -2.23. The van der Waals surface area contributed by atoms with Crippen molar-refractivity contribution in [3.05, 3.63) is 18.0 Å². The molecule has 1 aromatic rings. The van der Waals surface area contributed by atoms with Gasteiger partial charge in [-0.2, -0.15) is 5.10 Å². The maximum atomic E-state index is 11.3. The van der Waals surface area contributed by atoms with Crippen molar-refractivity contribution in [3.8, 4) is 0 Å². The number of aromatic nitrogens is 2. The number of carbonyl (C=O) groups excluding carboxylic acids is 1. The minimum absolute atomic E-state index is 0.180. The van der Waals surface area contributed by atoms with E-state index in [1.807, 2.05) is 19.3 Å². The summed E-state index contributed by atoms with van der Waals surface area (Å²) in [5.41, 5.74) is 1.03. The topological polar surface area (TPSA) is 50.2 Å². The van der Waals surface area contributed by atoms with E-state index in [-0.39, 0.29) is 5.91 Å². The molecule has 0 aliphatic rings. The quantitative estimate of drug-likeness (QED) is 0.711. The van der Waals surface area contributed by atoms with E-state index < -0.39 is 0 Å². The van der Waals surface area contributed by atoms with Crippen molar-refractivity contribution < 1.29 is 4.79 Å². The summed E-state index contributed by atoms with van der Waals surface area (Å²) in [4.78, 5) is 12.9. The zero-order chi connectivity index (χ0) is 12.0. The molecule has 1 heterocycles. The van der Waals surface area contributed by atoms with Crippen molar-refractivity contribution in [2.45, 2.75) is 19.4 Å². The molecule has 1 N–H and O–H groups in total. The van der Waals surface area contributed by atoms with Crippen LogP contribution in [-0.2, 0) is 18.4 Å². The van der Waals surface area contributed by atoms with Crippen molar-refractivity contribution in [1.29, 1.82) is 0 Å². The molecule has 0 radical (unpaired) electrons. The molecule has 1 amide bonds. The fraction of sp³-hybridized carbons (Fsp3) is 0.636. The second-order valence-corrected chi connectivity index (χ2v) is 4.05. The first-order valence-electron chi connectivity index (χ1n) is 5.49. The Balaban J connectivity index is 2.06. The van der Waals surface area contributed by atoms with Gasteiger partial charge in [-0.25, -0.2) is 0 Å². The van der Waals surface area contributed by atoms with Gasteiger partial charge in [-0.05, 0) is 19.0 Å². The SMILES string of the molecule is CN(C)C(=O)CCCNCc1ccn(C)n1. The van der Waals surface area contributed by atoms with Gasteiger partial charge in [0.1, 0.15) is 0 Å². The molecule has 0 aliphatic carbocycles. The van der Waals surface area contributed by atoms with Crippen molar-refractivity contribution in [1.82, 2.24) is 20.0 Å². The van der Waals surface area contributed by atoms with Crippen LogP contribution in [0.1, 0.15) is 18.5 Å². The van der Waals surface area contributed by atoms with E-state index in [0.29, 0.717) is 6.42 Å². The fourth-order valence-electron chi connectivity index (χ4n) is 1.36. The lowest BCUT2D eigenvalue weighted by Gasteiger charge is -2.09. The number of hydrogen-bond acceptors (Lipinski definition) is 3. The summed E-state index contributed by atoms with van der Waals surface area (Å²) in [7, 11) is 5.46. The van der Waals surface area contributed by atoms with E-state index in [9.17, 15) is 4.79 Å². The smallest absolute Gasteiger partial charge is 0.222 e. The second kappa shape index (κ2) is 6.27. The molecule has 1 rings (SSSR count). The monoisotopic (exact) mass is 224 g/mol.